The number of nitrogens with zero attached hydrogens (tertiary/aromatic N) is 2. The number of hydrogen-bond donors (Lipinski definition) is 4. The fourth-order valence-electron chi connectivity index (χ4n) is 5.54. The molecule has 0 radical (unpaired) electrons. The highest BCUT2D eigenvalue weighted by Crippen LogP contribution is 2.48. The SMILES string of the molecule is CC1(C)C(=CC=CC=CC2=[N+](CS(=O)(=O)O)c3ccc(SOOO)cc3C2(C)C)N(CS(=O)(=O)O)c2ccc(S(=O)(=O)O)cc21. The van der Waals surface area contributed by atoms with Gasteiger partial charge in [0, 0.05) is 39.4 Å². The third-order valence-electron chi connectivity index (χ3n) is 7.50. The Morgan fingerprint density at radius 3 is 2.16 bits per heavy atom. The lowest BCUT2D eigenvalue weighted by Gasteiger charge is -2.25. The summed E-state index contributed by atoms with van der Waals surface area (Å²) in [5.41, 5.74) is 1.18. The summed E-state index contributed by atoms with van der Waals surface area (Å²) in [4.78, 5) is 1.51. The lowest BCUT2D eigenvalue weighted by molar-refractivity contribution is -0.432. The van der Waals surface area contributed by atoms with Crippen molar-refractivity contribution in [2.75, 3.05) is 16.7 Å². The van der Waals surface area contributed by atoms with E-state index in [9.17, 15) is 38.9 Å². The smallest absolute Gasteiger partial charge is 0.326 e. The van der Waals surface area contributed by atoms with Crippen molar-refractivity contribution in [3.8, 4) is 0 Å². The number of hydrogen-bond acceptors (Lipinski definition) is 11. The fraction of sp³-hybridized carbons (Fsp3) is 0.296. The number of benzene rings is 2. The van der Waals surface area contributed by atoms with E-state index in [0.29, 0.717) is 38.8 Å². The zero-order chi connectivity index (χ0) is 33.6. The molecule has 2 aliphatic heterocycles. The maximum absolute atomic E-state index is 11.9. The molecule has 0 saturated carbocycles. The maximum Gasteiger partial charge on any atom is 0.326 e. The van der Waals surface area contributed by atoms with Gasteiger partial charge in [-0.15, -0.1) is 4.33 Å². The van der Waals surface area contributed by atoms with Crippen LogP contribution in [-0.4, -0.2) is 66.2 Å². The fourth-order valence-corrected chi connectivity index (χ4v) is 7.65. The van der Waals surface area contributed by atoms with Gasteiger partial charge in [-0.05, 0) is 55.8 Å². The molecular formula is C27H31N2O12S4+. The van der Waals surface area contributed by atoms with Crippen LogP contribution in [0.2, 0.25) is 0 Å². The highest BCUT2D eigenvalue weighted by atomic mass is 32.2. The minimum absolute atomic E-state index is 0.329. The molecule has 2 heterocycles. The normalized spacial score (nSPS) is 18.8. The quantitative estimate of drug-likeness (QED) is 0.0645. The molecule has 45 heavy (non-hydrogen) atoms. The van der Waals surface area contributed by atoms with Gasteiger partial charge >= 0.3 is 10.1 Å². The van der Waals surface area contributed by atoms with Crippen LogP contribution < -0.4 is 4.90 Å². The minimum Gasteiger partial charge on any atom is -0.327 e. The lowest BCUT2D eigenvalue weighted by Crippen LogP contribution is -2.30. The summed E-state index contributed by atoms with van der Waals surface area (Å²) in [6.45, 7) is 7.16. The molecule has 4 rings (SSSR count). The standard InChI is InChI=1S/C27H30N2O12S4/c1-26(2)20-14-18(42-41-40-30)10-12-22(20)28(16-43(31,32)33)24(26)8-6-5-7-9-25-27(3,4)21-15-19(45(37,38)39)11-13-23(21)29(25)17-44(34,35)36/h5-15H,16-17H2,1-4H3,(H3-,30,31,32,33,34,35,36,37,38,39)/p+1. The van der Waals surface area contributed by atoms with Crippen molar-refractivity contribution in [1.82, 2.24) is 0 Å². The second-order valence-corrected chi connectivity index (χ2v) is 16.3. The van der Waals surface area contributed by atoms with Crippen molar-refractivity contribution in [2.24, 2.45) is 0 Å². The van der Waals surface area contributed by atoms with Crippen LogP contribution in [-0.2, 0) is 50.6 Å². The Bertz CT molecular complexity index is 1980. The van der Waals surface area contributed by atoms with E-state index in [-0.39, 0.29) is 4.90 Å². The van der Waals surface area contributed by atoms with Crippen molar-refractivity contribution in [3.05, 3.63) is 83.6 Å². The first-order chi connectivity index (χ1) is 20.7. The third-order valence-corrected chi connectivity index (χ3v) is 10.1. The first-order valence-electron chi connectivity index (χ1n) is 13.0. The van der Waals surface area contributed by atoms with Gasteiger partial charge < -0.3 is 4.90 Å². The Balaban J connectivity index is 1.72. The van der Waals surface area contributed by atoms with Crippen LogP contribution in [0.25, 0.3) is 0 Å². The highest BCUT2D eigenvalue weighted by Gasteiger charge is 2.46. The summed E-state index contributed by atoms with van der Waals surface area (Å²) in [7, 11) is -13.5. The van der Waals surface area contributed by atoms with E-state index in [4.69, 9.17) is 5.26 Å². The molecule has 0 amide bonds. The van der Waals surface area contributed by atoms with Gasteiger partial charge in [-0.3, -0.25) is 13.7 Å². The van der Waals surface area contributed by atoms with E-state index < -0.39 is 52.9 Å². The number of anilines is 1. The molecule has 18 heteroatoms. The lowest BCUT2D eigenvalue weighted by atomic mass is 9.81. The van der Waals surface area contributed by atoms with Crippen molar-refractivity contribution in [3.63, 3.8) is 0 Å². The third kappa shape index (κ3) is 7.57. The second kappa shape index (κ2) is 12.4. The molecule has 0 bridgehead atoms. The molecule has 2 aromatic rings. The molecule has 0 spiro atoms. The average Bonchev–Trinajstić information content (AvgIpc) is 3.23. The molecule has 14 nitrogen and oxygen atoms in total. The average molecular weight is 704 g/mol. The van der Waals surface area contributed by atoms with Gasteiger partial charge in [-0.1, -0.05) is 37.1 Å². The van der Waals surface area contributed by atoms with Crippen LogP contribution in [0, 0.1) is 0 Å². The summed E-state index contributed by atoms with van der Waals surface area (Å²) < 4.78 is 106. The molecule has 4 N–H and O–H groups in total. The molecule has 0 saturated heterocycles. The van der Waals surface area contributed by atoms with Crippen molar-refractivity contribution in [2.45, 2.75) is 48.3 Å². The Kier molecular flexibility index (Phi) is 9.60. The monoisotopic (exact) mass is 703 g/mol. The van der Waals surface area contributed by atoms with Crippen LogP contribution in [0.15, 0.2) is 82.3 Å². The molecule has 0 aromatic heterocycles. The predicted octanol–water partition coefficient (Wildman–Crippen LogP) is 4.22. The molecule has 0 unspecified atom stereocenters. The number of fused-ring (bicyclic) bond motifs is 2. The van der Waals surface area contributed by atoms with E-state index >= 15 is 0 Å². The number of rotatable bonds is 11. The first kappa shape index (κ1) is 35.0. The van der Waals surface area contributed by atoms with E-state index in [1.807, 2.05) is 13.8 Å². The van der Waals surface area contributed by atoms with Crippen LogP contribution in [0.4, 0.5) is 11.4 Å². The van der Waals surface area contributed by atoms with Crippen molar-refractivity contribution in [1.29, 1.82) is 0 Å². The van der Waals surface area contributed by atoms with Gasteiger partial charge in [0.05, 0.1) is 22.4 Å². The largest absolute Gasteiger partial charge is 0.327 e. The Labute approximate surface area is 265 Å². The topological polar surface area (TPSA) is 208 Å². The maximum atomic E-state index is 11.9. The zero-order valence-corrected chi connectivity index (χ0v) is 27.6. The predicted molar refractivity (Wildman–Crippen MR) is 166 cm³/mol. The Morgan fingerprint density at radius 1 is 0.867 bits per heavy atom. The van der Waals surface area contributed by atoms with Gasteiger partial charge in [-0.25, -0.2) is 5.26 Å². The van der Waals surface area contributed by atoms with E-state index in [1.165, 1.54) is 21.6 Å². The molecular weight excluding hydrogens is 673 g/mol. The van der Waals surface area contributed by atoms with Crippen LogP contribution >= 0.6 is 12.0 Å². The summed E-state index contributed by atoms with van der Waals surface area (Å²) >= 11 is 0.737. The Hall–Kier alpha value is -2.91. The summed E-state index contributed by atoms with van der Waals surface area (Å²) in [6, 6.07) is 8.72. The number of allylic oxidation sites excluding steroid dienone is 6. The molecule has 0 atom stereocenters. The van der Waals surface area contributed by atoms with Gasteiger partial charge in [0.1, 0.15) is 0 Å². The minimum atomic E-state index is -4.54. The van der Waals surface area contributed by atoms with E-state index in [2.05, 4.69) is 9.37 Å². The van der Waals surface area contributed by atoms with Gasteiger partial charge in [-0.2, -0.15) is 29.8 Å². The molecule has 244 valence electrons. The summed E-state index contributed by atoms with van der Waals surface area (Å²) in [6.07, 6.45) is 8.05. The molecule has 2 aliphatic rings. The van der Waals surface area contributed by atoms with E-state index in [1.54, 1.807) is 62.4 Å². The Morgan fingerprint density at radius 2 is 1.56 bits per heavy atom. The highest BCUT2D eigenvalue weighted by molar-refractivity contribution is 7.94. The van der Waals surface area contributed by atoms with Gasteiger partial charge in [0.15, 0.2) is 11.6 Å². The van der Waals surface area contributed by atoms with Gasteiger partial charge in [0.25, 0.3) is 26.1 Å². The first-order valence-corrected chi connectivity index (χ1v) is 18.4. The van der Waals surface area contributed by atoms with Crippen LogP contribution in [0.1, 0.15) is 38.8 Å². The van der Waals surface area contributed by atoms with Crippen molar-refractivity contribution >= 4 is 59.5 Å². The van der Waals surface area contributed by atoms with E-state index in [0.717, 1.165) is 18.1 Å². The van der Waals surface area contributed by atoms with Crippen LogP contribution in [0.3, 0.4) is 0 Å². The molecule has 0 aliphatic carbocycles. The molecule has 0 fully saturated rings. The van der Waals surface area contributed by atoms with Crippen molar-refractivity contribution < 1.29 is 58.1 Å². The molecule has 2 aromatic carbocycles. The van der Waals surface area contributed by atoms with Crippen LogP contribution in [0.5, 0.6) is 0 Å². The summed E-state index contributed by atoms with van der Waals surface area (Å²) in [5.74, 6) is -1.53. The summed E-state index contributed by atoms with van der Waals surface area (Å²) in [5, 5.41) is 12.1. The zero-order valence-electron chi connectivity index (χ0n) is 24.3. The van der Waals surface area contributed by atoms with Gasteiger partial charge in [0.2, 0.25) is 5.69 Å². The second-order valence-electron chi connectivity index (χ2n) is 11.3.